The van der Waals surface area contributed by atoms with E-state index in [-0.39, 0.29) is 11.6 Å². The first-order chi connectivity index (χ1) is 14.2. The number of hydrogen-bond donors (Lipinski definition) is 2. The molecule has 30 heavy (non-hydrogen) atoms. The largest absolute Gasteiger partial charge is 0.335 e. The van der Waals surface area contributed by atoms with Crippen LogP contribution in [0.1, 0.15) is 41.9 Å². The van der Waals surface area contributed by atoms with Gasteiger partial charge in [-0.3, -0.25) is 19.9 Å². The fourth-order valence-corrected chi connectivity index (χ4v) is 3.25. The molecule has 156 valence electrons. The highest BCUT2D eigenvalue weighted by Gasteiger charge is 2.16. The second kappa shape index (κ2) is 8.49. The van der Waals surface area contributed by atoms with Crippen LogP contribution in [0, 0.1) is 13.8 Å². The van der Waals surface area contributed by atoms with E-state index in [1.165, 1.54) is 0 Å². The number of nitrogens with zero attached hydrogens (tertiary/aromatic N) is 2. The lowest BCUT2D eigenvalue weighted by Gasteiger charge is -2.14. The molecule has 0 fully saturated rings. The second-order valence-electron chi connectivity index (χ2n) is 7.57. The molecule has 7 nitrogen and oxygen atoms in total. The standard InChI is InChI=1S/C23H26N4O3/c1-6-14(3)25-23(30)26-21(28)16-8-7-13(2)18(10-16)19-11-17-12-24-15(4)9-20(17)27(5)22(19)29/h7-12,14H,6H2,1-5H3,(H2,25,26,28,30). The Bertz CT molecular complexity index is 1200. The van der Waals surface area contributed by atoms with Crippen LogP contribution in [-0.2, 0) is 7.05 Å². The molecule has 2 aromatic heterocycles. The Labute approximate surface area is 175 Å². The van der Waals surface area contributed by atoms with Crippen LogP contribution in [0.4, 0.5) is 4.79 Å². The summed E-state index contributed by atoms with van der Waals surface area (Å²) in [6.45, 7) is 7.56. The first-order valence-electron chi connectivity index (χ1n) is 9.90. The van der Waals surface area contributed by atoms with Crippen LogP contribution >= 0.6 is 0 Å². The summed E-state index contributed by atoms with van der Waals surface area (Å²) in [6, 6.07) is 8.14. The van der Waals surface area contributed by atoms with Gasteiger partial charge < -0.3 is 9.88 Å². The predicted molar refractivity (Wildman–Crippen MR) is 118 cm³/mol. The predicted octanol–water partition coefficient (Wildman–Crippen LogP) is 3.46. The van der Waals surface area contributed by atoms with E-state index in [0.717, 1.165) is 28.6 Å². The Balaban J connectivity index is 2.01. The molecule has 1 atom stereocenters. The molecule has 3 aromatic rings. The first kappa shape index (κ1) is 21.2. The van der Waals surface area contributed by atoms with Crippen molar-refractivity contribution in [2.45, 2.75) is 40.2 Å². The zero-order valence-electron chi connectivity index (χ0n) is 17.9. The van der Waals surface area contributed by atoms with Crippen LogP contribution in [0.3, 0.4) is 0 Å². The summed E-state index contributed by atoms with van der Waals surface area (Å²) < 4.78 is 1.59. The summed E-state index contributed by atoms with van der Waals surface area (Å²) in [5.41, 5.74) is 3.75. The smallest absolute Gasteiger partial charge is 0.321 e. The zero-order chi connectivity index (χ0) is 22.0. The van der Waals surface area contributed by atoms with E-state index < -0.39 is 11.9 Å². The van der Waals surface area contributed by atoms with Gasteiger partial charge in [-0.25, -0.2) is 4.79 Å². The number of carbonyl (C=O) groups excluding carboxylic acids is 2. The fraction of sp³-hybridized carbons (Fsp3) is 0.304. The van der Waals surface area contributed by atoms with Gasteiger partial charge >= 0.3 is 6.03 Å². The van der Waals surface area contributed by atoms with Crippen molar-refractivity contribution in [1.82, 2.24) is 20.2 Å². The molecule has 2 N–H and O–H groups in total. The molecule has 1 aromatic carbocycles. The SMILES string of the molecule is CCC(C)NC(=O)NC(=O)c1ccc(C)c(-c2cc3cnc(C)cc3n(C)c2=O)c1. The number of urea groups is 1. The quantitative estimate of drug-likeness (QED) is 0.694. The van der Waals surface area contributed by atoms with Crippen molar-refractivity contribution in [3.8, 4) is 11.1 Å². The number of carbonyl (C=O) groups is 2. The molecule has 0 spiro atoms. The maximum atomic E-state index is 13.0. The highest BCUT2D eigenvalue weighted by molar-refractivity contribution is 6.05. The average Bonchev–Trinajstić information content (AvgIpc) is 2.71. The summed E-state index contributed by atoms with van der Waals surface area (Å²) in [6.07, 6.45) is 2.49. The third-order valence-corrected chi connectivity index (χ3v) is 5.25. The lowest BCUT2D eigenvalue weighted by Crippen LogP contribution is -2.43. The van der Waals surface area contributed by atoms with Crippen molar-refractivity contribution >= 4 is 22.8 Å². The number of hydrogen-bond acceptors (Lipinski definition) is 4. The van der Waals surface area contributed by atoms with Crippen LogP contribution in [0.2, 0.25) is 0 Å². The number of aryl methyl sites for hydroxylation is 3. The fourth-order valence-electron chi connectivity index (χ4n) is 3.25. The molecule has 0 radical (unpaired) electrons. The van der Waals surface area contributed by atoms with Gasteiger partial charge in [0.1, 0.15) is 0 Å². The van der Waals surface area contributed by atoms with Crippen molar-refractivity contribution in [2.24, 2.45) is 7.05 Å². The van der Waals surface area contributed by atoms with E-state index >= 15 is 0 Å². The van der Waals surface area contributed by atoms with Crippen LogP contribution in [0.5, 0.6) is 0 Å². The van der Waals surface area contributed by atoms with E-state index in [1.807, 2.05) is 33.8 Å². The van der Waals surface area contributed by atoms with Gasteiger partial charge in [-0.1, -0.05) is 13.0 Å². The molecule has 7 heteroatoms. The van der Waals surface area contributed by atoms with Crippen molar-refractivity contribution in [3.05, 3.63) is 63.7 Å². The van der Waals surface area contributed by atoms with E-state index in [9.17, 15) is 14.4 Å². The maximum Gasteiger partial charge on any atom is 0.321 e. The number of benzene rings is 1. The molecule has 0 aliphatic carbocycles. The number of pyridine rings is 2. The molecule has 2 heterocycles. The molecule has 0 saturated carbocycles. The molecular formula is C23H26N4O3. The Morgan fingerprint density at radius 2 is 1.87 bits per heavy atom. The van der Waals surface area contributed by atoms with Gasteiger partial charge in [0.25, 0.3) is 11.5 Å². The normalized spacial score (nSPS) is 11.9. The minimum absolute atomic E-state index is 0.0377. The molecule has 3 rings (SSSR count). The molecule has 0 saturated heterocycles. The maximum absolute atomic E-state index is 13.0. The van der Waals surface area contributed by atoms with E-state index in [1.54, 1.807) is 42.1 Å². The Morgan fingerprint density at radius 3 is 2.57 bits per heavy atom. The third kappa shape index (κ3) is 4.25. The second-order valence-corrected chi connectivity index (χ2v) is 7.57. The Morgan fingerprint density at radius 1 is 1.13 bits per heavy atom. The van der Waals surface area contributed by atoms with Gasteiger partial charge in [0.05, 0.1) is 5.52 Å². The molecule has 1 unspecified atom stereocenters. The van der Waals surface area contributed by atoms with Crippen molar-refractivity contribution in [2.75, 3.05) is 0 Å². The van der Waals surface area contributed by atoms with Crippen molar-refractivity contribution in [1.29, 1.82) is 0 Å². The number of nitrogens with one attached hydrogen (secondary N) is 2. The van der Waals surface area contributed by atoms with E-state index in [4.69, 9.17) is 0 Å². The molecule has 0 aliphatic rings. The minimum atomic E-state index is -0.542. The zero-order valence-corrected chi connectivity index (χ0v) is 17.9. The number of amides is 3. The number of rotatable bonds is 4. The molecule has 3 amide bonds. The van der Waals surface area contributed by atoms with E-state index in [0.29, 0.717) is 16.7 Å². The minimum Gasteiger partial charge on any atom is -0.335 e. The summed E-state index contributed by atoms with van der Waals surface area (Å²) in [4.78, 5) is 41.9. The summed E-state index contributed by atoms with van der Waals surface area (Å²) in [7, 11) is 1.72. The molecule has 0 aliphatic heterocycles. The lowest BCUT2D eigenvalue weighted by atomic mass is 9.97. The number of fused-ring (bicyclic) bond motifs is 1. The first-order valence-corrected chi connectivity index (χ1v) is 9.90. The van der Waals surface area contributed by atoms with Gasteiger partial charge in [0.15, 0.2) is 0 Å². The average molecular weight is 406 g/mol. The third-order valence-electron chi connectivity index (χ3n) is 5.25. The monoisotopic (exact) mass is 406 g/mol. The summed E-state index contributed by atoms with van der Waals surface area (Å²) in [5.74, 6) is -0.521. The van der Waals surface area contributed by atoms with Crippen LogP contribution in [0.25, 0.3) is 22.0 Å². The van der Waals surface area contributed by atoms with Gasteiger partial charge in [-0.05, 0) is 62.6 Å². The van der Waals surface area contributed by atoms with Gasteiger partial charge in [-0.2, -0.15) is 0 Å². The van der Waals surface area contributed by atoms with Crippen molar-refractivity contribution < 1.29 is 9.59 Å². The number of imide groups is 1. The lowest BCUT2D eigenvalue weighted by molar-refractivity contribution is 0.0963. The Kier molecular flexibility index (Phi) is 6.01. The highest BCUT2D eigenvalue weighted by atomic mass is 16.2. The van der Waals surface area contributed by atoms with Crippen LogP contribution in [-0.4, -0.2) is 27.5 Å². The topological polar surface area (TPSA) is 93.1 Å². The van der Waals surface area contributed by atoms with Crippen molar-refractivity contribution in [3.63, 3.8) is 0 Å². The van der Waals surface area contributed by atoms with Gasteiger partial charge in [0, 0.05) is 41.5 Å². The highest BCUT2D eigenvalue weighted by Crippen LogP contribution is 2.25. The van der Waals surface area contributed by atoms with Crippen LogP contribution in [0.15, 0.2) is 41.3 Å². The summed E-state index contributed by atoms with van der Waals surface area (Å²) >= 11 is 0. The Hall–Kier alpha value is -3.48. The van der Waals surface area contributed by atoms with Crippen LogP contribution < -0.4 is 16.2 Å². The molecular weight excluding hydrogens is 380 g/mol. The van der Waals surface area contributed by atoms with Gasteiger partial charge in [0.2, 0.25) is 0 Å². The number of aromatic nitrogens is 2. The summed E-state index contributed by atoms with van der Waals surface area (Å²) in [5, 5.41) is 5.87. The molecule has 0 bridgehead atoms. The van der Waals surface area contributed by atoms with Gasteiger partial charge in [-0.15, -0.1) is 0 Å². The van der Waals surface area contributed by atoms with E-state index in [2.05, 4.69) is 15.6 Å².